The van der Waals surface area contributed by atoms with E-state index in [1.54, 1.807) is 0 Å². The molecule has 0 rings (SSSR count). The van der Waals surface area contributed by atoms with Gasteiger partial charge in [-0.3, -0.25) is 4.79 Å². The van der Waals surface area contributed by atoms with Crippen LogP contribution in [0.1, 0.15) is 194 Å². The molecule has 1 N–H and O–H groups in total. The van der Waals surface area contributed by atoms with Gasteiger partial charge in [-0.1, -0.05) is 168 Å². The zero-order chi connectivity index (χ0) is 25.0. The number of ketones is 1. The van der Waals surface area contributed by atoms with Crippen molar-refractivity contribution in [2.45, 2.75) is 200 Å². The Labute approximate surface area is 215 Å². The van der Waals surface area contributed by atoms with E-state index >= 15 is 0 Å². The average molecular weight is 481 g/mol. The Morgan fingerprint density at radius 3 is 1.12 bits per heavy atom. The Morgan fingerprint density at radius 1 is 0.471 bits per heavy atom. The summed E-state index contributed by atoms with van der Waals surface area (Å²) < 4.78 is 0. The van der Waals surface area contributed by atoms with Gasteiger partial charge < -0.3 is 5.11 Å². The molecular weight excluding hydrogens is 416 g/mol. The number of aliphatic hydroxyl groups excluding tert-OH is 1. The van der Waals surface area contributed by atoms with Crippen molar-refractivity contribution in [1.82, 2.24) is 0 Å². The molecule has 0 aromatic carbocycles. The first-order chi connectivity index (χ1) is 16.7. The van der Waals surface area contributed by atoms with Crippen molar-refractivity contribution in [3.05, 3.63) is 0 Å². The number of hydrogen-bond donors (Lipinski definition) is 1. The highest BCUT2D eigenvalue weighted by Gasteiger charge is 2.10. The van der Waals surface area contributed by atoms with E-state index < -0.39 is 6.10 Å². The molecule has 0 aliphatic heterocycles. The molecule has 1 unspecified atom stereocenters. The second-order valence-electron chi connectivity index (χ2n) is 11.1. The number of hydrogen-bond acceptors (Lipinski definition) is 2. The number of carbonyl (C=O) groups excluding carboxylic acids is 1. The van der Waals surface area contributed by atoms with Gasteiger partial charge in [-0.15, -0.1) is 0 Å². The van der Waals surface area contributed by atoms with E-state index in [1.807, 2.05) is 0 Å². The van der Waals surface area contributed by atoms with Gasteiger partial charge in [0.05, 0.1) is 6.10 Å². The minimum absolute atomic E-state index is 0.265. The summed E-state index contributed by atoms with van der Waals surface area (Å²) in [5.41, 5.74) is 0. The first-order valence-electron chi connectivity index (χ1n) is 15.9. The van der Waals surface area contributed by atoms with Crippen LogP contribution < -0.4 is 0 Å². The average Bonchev–Trinajstić information content (AvgIpc) is 2.82. The van der Waals surface area contributed by atoms with Gasteiger partial charge in [-0.05, 0) is 12.8 Å². The molecule has 0 saturated heterocycles. The maximum absolute atomic E-state index is 12.0. The molecule has 34 heavy (non-hydrogen) atoms. The van der Waals surface area contributed by atoms with Crippen molar-refractivity contribution < 1.29 is 9.90 Å². The summed E-state index contributed by atoms with van der Waals surface area (Å²) >= 11 is 0. The summed E-state index contributed by atoms with van der Waals surface area (Å²) in [5.74, 6) is 0.265. The Kier molecular flexibility index (Phi) is 28.6. The normalized spacial score (nSPS) is 12.3. The largest absolute Gasteiger partial charge is 0.393 e. The molecule has 0 aromatic rings. The Balaban J connectivity index is 3.22. The summed E-state index contributed by atoms with van der Waals surface area (Å²) in [7, 11) is 0. The topological polar surface area (TPSA) is 37.3 Å². The minimum Gasteiger partial charge on any atom is -0.393 e. The fourth-order valence-electron chi connectivity index (χ4n) is 5.03. The van der Waals surface area contributed by atoms with E-state index in [-0.39, 0.29) is 5.78 Å². The summed E-state index contributed by atoms with van der Waals surface area (Å²) in [6.45, 7) is 4.52. The van der Waals surface area contributed by atoms with Gasteiger partial charge in [0.25, 0.3) is 0 Å². The first kappa shape index (κ1) is 33.6. The standard InChI is InChI=1S/C32H64O2/c1-3-5-7-9-11-12-13-14-15-16-17-18-19-20-21-22-23-25-27-29-32(34)30-31(33)28-26-24-10-8-6-4-2/h32,34H,3-30H2,1-2H3. The predicted octanol–water partition coefficient (Wildman–Crippen LogP) is 10.9. The molecule has 0 radical (unpaired) electrons. The van der Waals surface area contributed by atoms with Crippen LogP contribution in [0.3, 0.4) is 0 Å². The van der Waals surface area contributed by atoms with Gasteiger partial charge in [0.15, 0.2) is 0 Å². The van der Waals surface area contributed by atoms with Crippen LogP contribution >= 0.6 is 0 Å². The molecule has 0 heterocycles. The highest BCUT2D eigenvalue weighted by atomic mass is 16.3. The molecule has 0 amide bonds. The molecule has 2 nitrogen and oxygen atoms in total. The van der Waals surface area contributed by atoms with Crippen LogP contribution in [-0.4, -0.2) is 17.0 Å². The minimum atomic E-state index is -0.404. The van der Waals surface area contributed by atoms with E-state index in [2.05, 4.69) is 13.8 Å². The van der Waals surface area contributed by atoms with Crippen molar-refractivity contribution in [2.75, 3.05) is 0 Å². The molecule has 0 saturated carbocycles. The molecule has 0 fully saturated rings. The van der Waals surface area contributed by atoms with E-state index in [0.29, 0.717) is 12.8 Å². The van der Waals surface area contributed by atoms with E-state index in [0.717, 1.165) is 19.3 Å². The van der Waals surface area contributed by atoms with Crippen molar-refractivity contribution in [2.24, 2.45) is 0 Å². The van der Waals surface area contributed by atoms with Gasteiger partial charge in [0, 0.05) is 12.8 Å². The third kappa shape index (κ3) is 27.9. The molecule has 204 valence electrons. The van der Waals surface area contributed by atoms with Crippen molar-refractivity contribution in [3.63, 3.8) is 0 Å². The molecule has 0 aliphatic rings. The summed E-state index contributed by atoms with van der Waals surface area (Å²) in [6.07, 6.45) is 35.1. The number of rotatable bonds is 29. The molecule has 1 atom stereocenters. The molecule has 0 spiro atoms. The van der Waals surface area contributed by atoms with Crippen molar-refractivity contribution >= 4 is 5.78 Å². The highest BCUT2D eigenvalue weighted by molar-refractivity contribution is 5.78. The Hall–Kier alpha value is -0.370. The van der Waals surface area contributed by atoms with Gasteiger partial charge in [-0.2, -0.15) is 0 Å². The van der Waals surface area contributed by atoms with Crippen LogP contribution in [0, 0.1) is 0 Å². The smallest absolute Gasteiger partial charge is 0.135 e. The lowest BCUT2D eigenvalue weighted by Gasteiger charge is -2.10. The maximum Gasteiger partial charge on any atom is 0.135 e. The predicted molar refractivity (Wildman–Crippen MR) is 152 cm³/mol. The van der Waals surface area contributed by atoms with Gasteiger partial charge in [0.2, 0.25) is 0 Å². The quantitative estimate of drug-likeness (QED) is 0.108. The summed E-state index contributed by atoms with van der Waals surface area (Å²) in [5, 5.41) is 10.1. The number of unbranched alkanes of at least 4 members (excludes halogenated alkanes) is 23. The third-order valence-electron chi connectivity index (χ3n) is 7.41. The number of carbonyl (C=O) groups is 1. The van der Waals surface area contributed by atoms with E-state index in [1.165, 1.54) is 148 Å². The summed E-state index contributed by atoms with van der Waals surface area (Å²) in [6, 6.07) is 0. The van der Waals surface area contributed by atoms with E-state index in [9.17, 15) is 9.90 Å². The Bertz CT molecular complexity index is 392. The van der Waals surface area contributed by atoms with Crippen LogP contribution in [0.4, 0.5) is 0 Å². The molecule has 0 bridgehead atoms. The van der Waals surface area contributed by atoms with Crippen molar-refractivity contribution in [3.8, 4) is 0 Å². The van der Waals surface area contributed by atoms with Crippen LogP contribution in [0.15, 0.2) is 0 Å². The molecule has 2 heteroatoms. The van der Waals surface area contributed by atoms with E-state index in [4.69, 9.17) is 0 Å². The van der Waals surface area contributed by atoms with Gasteiger partial charge >= 0.3 is 0 Å². The number of aliphatic hydroxyl groups is 1. The molecule has 0 aromatic heterocycles. The maximum atomic E-state index is 12.0. The molecule has 0 aliphatic carbocycles. The Morgan fingerprint density at radius 2 is 0.765 bits per heavy atom. The fraction of sp³-hybridized carbons (Fsp3) is 0.969. The van der Waals surface area contributed by atoms with Crippen LogP contribution in [0.25, 0.3) is 0 Å². The fourth-order valence-corrected chi connectivity index (χ4v) is 5.03. The summed E-state index contributed by atoms with van der Waals surface area (Å²) in [4.78, 5) is 12.0. The second kappa shape index (κ2) is 28.9. The van der Waals surface area contributed by atoms with Crippen molar-refractivity contribution in [1.29, 1.82) is 0 Å². The lowest BCUT2D eigenvalue weighted by atomic mass is 10.0. The number of Topliss-reactive ketones (excluding diaryl/α,β-unsaturated/α-hetero) is 1. The van der Waals surface area contributed by atoms with Crippen LogP contribution in [-0.2, 0) is 4.79 Å². The van der Waals surface area contributed by atoms with Crippen LogP contribution in [0.2, 0.25) is 0 Å². The lowest BCUT2D eigenvalue weighted by molar-refractivity contribution is -0.121. The van der Waals surface area contributed by atoms with Crippen LogP contribution in [0.5, 0.6) is 0 Å². The SMILES string of the molecule is CCCCCCCCCCCCCCCCCCCCCC(O)CC(=O)CCCCCCCC. The molecular formula is C32H64O2. The van der Waals surface area contributed by atoms with Gasteiger partial charge in [-0.25, -0.2) is 0 Å². The first-order valence-corrected chi connectivity index (χ1v) is 15.9. The second-order valence-corrected chi connectivity index (χ2v) is 11.1. The monoisotopic (exact) mass is 480 g/mol. The lowest BCUT2D eigenvalue weighted by Crippen LogP contribution is -2.13. The highest BCUT2D eigenvalue weighted by Crippen LogP contribution is 2.16. The van der Waals surface area contributed by atoms with Gasteiger partial charge in [0.1, 0.15) is 5.78 Å². The zero-order valence-electron chi connectivity index (χ0n) is 23.7. The third-order valence-corrected chi connectivity index (χ3v) is 7.41. The zero-order valence-corrected chi connectivity index (χ0v) is 23.7.